The zero-order valence-electron chi connectivity index (χ0n) is 12.2. The molecule has 0 atom stereocenters. The molecule has 0 bridgehead atoms. The second-order valence-electron chi connectivity index (χ2n) is 5.37. The summed E-state index contributed by atoms with van der Waals surface area (Å²) in [7, 11) is 0. The van der Waals surface area contributed by atoms with Crippen molar-refractivity contribution < 1.29 is 0 Å². The van der Waals surface area contributed by atoms with Gasteiger partial charge in [-0.2, -0.15) is 0 Å². The molecule has 4 aromatic rings. The Labute approximate surface area is 132 Å². The fraction of sp³-hybridized carbons (Fsp3) is 0.111. The predicted molar refractivity (Wildman–Crippen MR) is 91.1 cm³/mol. The predicted octanol–water partition coefficient (Wildman–Crippen LogP) is 4.52. The lowest BCUT2D eigenvalue weighted by Gasteiger charge is -2.08. The van der Waals surface area contributed by atoms with E-state index in [9.17, 15) is 0 Å². The van der Waals surface area contributed by atoms with Crippen LogP contribution in [0.2, 0.25) is 0 Å². The number of rotatable bonds is 3. The molecule has 0 aliphatic carbocycles. The van der Waals surface area contributed by atoms with Crippen LogP contribution in [0.4, 0.5) is 0 Å². The molecule has 0 fully saturated rings. The zero-order chi connectivity index (χ0) is 14.9. The van der Waals surface area contributed by atoms with Gasteiger partial charge in [0.1, 0.15) is 5.69 Å². The van der Waals surface area contributed by atoms with E-state index in [0.29, 0.717) is 0 Å². The number of thiazole rings is 1. The van der Waals surface area contributed by atoms with Crippen LogP contribution in [0.5, 0.6) is 0 Å². The van der Waals surface area contributed by atoms with Crippen molar-refractivity contribution in [3.8, 4) is 11.5 Å². The van der Waals surface area contributed by atoms with Gasteiger partial charge in [-0.1, -0.05) is 42.0 Å². The standard InChI is InChI=1S/C18H15N3S/c1-13-6-8-14(9-7-13)10-21-17-5-3-2-4-15(17)20-18(21)16-11-22-12-19-16/h2-9,11-12H,10H2,1H3. The SMILES string of the molecule is Cc1ccc(Cn2c(-c3cscn3)nc3ccccc32)cc1. The third-order valence-corrected chi connectivity index (χ3v) is 4.36. The van der Waals surface area contributed by atoms with Gasteiger partial charge in [0, 0.05) is 11.9 Å². The Kier molecular flexibility index (Phi) is 3.24. The second-order valence-corrected chi connectivity index (χ2v) is 6.09. The molecule has 0 radical (unpaired) electrons. The summed E-state index contributed by atoms with van der Waals surface area (Å²) in [5.74, 6) is 0.933. The summed E-state index contributed by atoms with van der Waals surface area (Å²) in [5.41, 5.74) is 7.49. The topological polar surface area (TPSA) is 30.7 Å². The normalized spacial score (nSPS) is 11.1. The monoisotopic (exact) mass is 305 g/mol. The maximum atomic E-state index is 4.78. The molecular weight excluding hydrogens is 290 g/mol. The quantitative estimate of drug-likeness (QED) is 0.557. The van der Waals surface area contributed by atoms with Crippen LogP contribution in [0, 0.1) is 6.92 Å². The lowest BCUT2D eigenvalue weighted by Crippen LogP contribution is -2.02. The van der Waals surface area contributed by atoms with Crippen LogP contribution < -0.4 is 0 Å². The van der Waals surface area contributed by atoms with Crippen molar-refractivity contribution in [1.82, 2.24) is 14.5 Å². The van der Waals surface area contributed by atoms with E-state index in [-0.39, 0.29) is 0 Å². The van der Waals surface area contributed by atoms with Gasteiger partial charge in [-0.05, 0) is 24.6 Å². The summed E-state index contributed by atoms with van der Waals surface area (Å²) in [6.45, 7) is 2.91. The third-order valence-electron chi connectivity index (χ3n) is 3.78. The van der Waals surface area contributed by atoms with Crippen molar-refractivity contribution in [1.29, 1.82) is 0 Å². The minimum absolute atomic E-state index is 0.799. The van der Waals surface area contributed by atoms with Crippen molar-refractivity contribution in [3.63, 3.8) is 0 Å². The highest BCUT2D eigenvalue weighted by atomic mass is 32.1. The first-order chi connectivity index (χ1) is 10.8. The van der Waals surface area contributed by atoms with Gasteiger partial charge in [0.05, 0.1) is 16.5 Å². The van der Waals surface area contributed by atoms with E-state index < -0.39 is 0 Å². The summed E-state index contributed by atoms with van der Waals surface area (Å²) >= 11 is 1.60. The van der Waals surface area contributed by atoms with Gasteiger partial charge in [0.15, 0.2) is 5.82 Å². The van der Waals surface area contributed by atoms with Crippen LogP contribution in [-0.2, 0) is 6.54 Å². The molecule has 22 heavy (non-hydrogen) atoms. The van der Waals surface area contributed by atoms with E-state index in [0.717, 1.165) is 29.1 Å². The van der Waals surface area contributed by atoms with E-state index in [1.54, 1.807) is 11.3 Å². The average Bonchev–Trinajstić information content (AvgIpc) is 3.18. The summed E-state index contributed by atoms with van der Waals surface area (Å²) in [5, 5.41) is 2.05. The molecule has 0 N–H and O–H groups in total. The van der Waals surface area contributed by atoms with Gasteiger partial charge in [-0.3, -0.25) is 0 Å². The fourth-order valence-corrected chi connectivity index (χ4v) is 3.16. The summed E-state index contributed by atoms with van der Waals surface area (Å²) in [6.07, 6.45) is 0. The van der Waals surface area contributed by atoms with Gasteiger partial charge in [-0.15, -0.1) is 11.3 Å². The largest absolute Gasteiger partial charge is 0.318 e. The Bertz CT molecular complexity index is 905. The molecular formula is C18H15N3S. The Morgan fingerprint density at radius 3 is 2.64 bits per heavy atom. The molecule has 0 aliphatic heterocycles. The highest BCUT2D eigenvalue weighted by molar-refractivity contribution is 7.07. The van der Waals surface area contributed by atoms with Gasteiger partial charge in [0.2, 0.25) is 0 Å². The second kappa shape index (κ2) is 5.39. The van der Waals surface area contributed by atoms with E-state index in [1.807, 2.05) is 17.0 Å². The Hall–Kier alpha value is -2.46. The minimum atomic E-state index is 0.799. The van der Waals surface area contributed by atoms with Crippen LogP contribution in [0.1, 0.15) is 11.1 Å². The van der Waals surface area contributed by atoms with E-state index in [4.69, 9.17) is 4.98 Å². The van der Waals surface area contributed by atoms with E-state index >= 15 is 0 Å². The van der Waals surface area contributed by atoms with Gasteiger partial charge in [-0.25, -0.2) is 9.97 Å². The van der Waals surface area contributed by atoms with E-state index in [1.165, 1.54) is 11.1 Å². The number of aryl methyl sites for hydroxylation is 1. The van der Waals surface area contributed by atoms with Crippen molar-refractivity contribution in [2.24, 2.45) is 0 Å². The van der Waals surface area contributed by atoms with Crippen molar-refractivity contribution in [2.75, 3.05) is 0 Å². The molecule has 2 aromatic heterocycles. The molecule has 0 saturated carbocycles. The molecule has 2 aromatic carbocycles. The fourth-order valence-electron chi connectivity index (χ4n) is 2.63. The maximum absolute atomic E-state index is 4.78. The van der Waals surface area contributed by atoms with Gasteiger partial charge in [0.25, 0.3) is 0 Å². The lowest BCUT2D eigenvalue weighted by molar-refractivity contribution is 0.831. The van der Waals surface area contributed by atoms with Crippen LogP contribution in [0.25, 0.3) is 22.6 Å². The highest BCUT2D eigenvalue weighted by Gasteiger charge is 2.13. The van der Waals surface area contributed by atoms with E-state index in [2.05, 4.69) is 58.9 Å². The molecule has 0 aliphatic rings. The number of hydrogen-bond donors (Lipinski definition) is 0. The first-order valence-electron chi connectivity index (χ1n) is 7.20. The third kappa shape index (κ3) is 2.31. The minimum Gasteiger partial charge on any atom is -0.318 e. The number of hydrogen-bond acceptors (Lipinski definition) is 3. The van der Waals surface area contributed by atoms with Crippen molar-refractivity contribution in [3.05, 3.63) is 70.5 Å². The molecule has 4 rings (SSSR count). The Morgan fingerprint density at radius 1 is 1.05 bits per heavy atom. The lowest BCUT2D eigenvalue weighted by atomic mass is 10.1. The first kappa shape index (κ1) is 13.2. The molecule has 0 saturated heterocycles. The number of fused-ring (bicyclic) bond motifs is 1. The summed E-state index contributed by atoms with van der Waals surface area (Å²) in [6, 6.07) is 16.9. The van der Waals surface area contributed by atoms with Gasteiger partial charge >= 0.3 is 0 Å². The van der Waals surface area contributed by atoms with Crippen LogP contribution in [0.15, 0.2) is 59.4 Å². The smallest absolute Gasteiger partial charge is 0.160 e. The molecule has 0 spiro atoms. The Balaban J connectivity index is 1.87. The van der Waals surface area contributed by atoms with Gasteiger partial charge < -0.3 is 4.57 Å². The van der Waals surface area contributed by atoms with Crippen molar-refractivity contribution in [2.45, 2.75) is 13.5 Å². The molecule has 2 heterocycles. The molecule has 4 heteroatoms. The number of imidazole rings is 1. The molecule has 108 valence electrons. The number of aromatic nitrogens is 3. The highest BCUT2D eigenvalue weighted by Crippen LogP contribution is 2.25. The van der Waals surface area contributed by atoms with Crippen molar-refractivity contribution >= 4 is 22.4 Å². The summed E-state index contributed by atoms with van der Waals surface area (Å²) < 4.78 is 2.25. The average molecular weight is 305 g/mol. The zero-order valence-corrected chi connectivity index (χ0v) is 13.0. The maximum Gasteiger partial charge on any atom is 0.160 e. The molecule has 0 amide bonds. The Morgan fingerprint density at radius 2 is 1.86 bits per heavy atom. The van der Waals surface area contributed by atoms with Crippen LogP contribution in [-0.4, -0.2) is 14.5 Å². The number of para-hydroxylation sites is 2. The van der Waals surface area contributed by atoms with Crippen LogP contribution >= 0.6 is 11.3 Å². The molecule has 3 nitrogen and oxygen atoms in total. The summed E-state index contributed by atoms with van der Waals surface area (Å²) in [4.78, 5) is 9.21. The first-order valence-corrected chi connectivity index (χ1v) is 8.15. The molecule has 0 unspecified atom stereocenters. The number of benzene rings is 2. The van der Waals surface area contributed by atoms with Crippen LogP contribution in [0.3, 0.4) is 0 Å². The number of nitrogens with zero attached hydrogens (tertiary/aromatic N) is 3.